The van der Waals surface area contributed by atoms with Crippen LogP contribution in [0.1, 0.15) is 0 Å². The number of rotatable bonds is 0. The minimum atomic E-state index is -6.00. The van der Waals surface area contributed by atoms with Crippen LogP contribution in [0.2, 0.25) is 0 Å². The zero-order valence-electron chi connectivity index (χ0n) is 2.80. The van der Waals surface area contributed by atoms with Crippen molar-refractivity contribution < 1.29 is 17.3 Å². The van der Waals surface area contributed by atoms with Crippen LogP contribution < -0.4 is 0 Å². The summed E-state index contributed by atoms with van der Waals surface area (Å²) in [5.41, 5.74) is 0. The van der Waals surface area contributed by atoms with E-state index in [0.29, 0.717) is 0 Å². The van der Waals surface area contributed by atoms with Crippen LogP contribution >= 0.6 is 0 Å². The summed E-state index contributed by atoms with van der Waals surface area (Å²) in [4.78, 5) is 0. The van der Waals surface area contributed by atoms with Crippen molar-refractivity contribution in [2.45, 2.75) is 0 Å². The van der Waals surface area contributed by atoms with Gasteiger partial charge in [0.1, 0.15) is 0 Å². The first-order chi connectivity index (χ1) is 2.00. The molecule has 0 unspecified atom stereocenters. The van der Waals surface area contributed by atoms with Gasteiger partial charge >= 0.3 is 30.3 Å². The smallest absolute Gasteiger partial charge is 0.418 e. The van der Waals surface area contributed by atoms with Crippen molar-refractivity contribution >= 4 is 30.3 Å². The van der Waals surface area contributed by atoms with Crippen molar-refractivity contribution in [3.8, 4) is 0 Å². The van der Waals surface area contributed by atoms with E-state index in [4.69, 9.17) is 0 Å². The van der Waals surface area contributed by atoms with Gasteiger partial charge in [0, 0.05) is 0 Å². The van der Waals surface area contributed by atoms with Gasteiger partial charge in [-0.3, -0.25) is 0 Å². The summed E-state index contributed by atoms with van der Waals surface area (Å²) in [7, 11) is -6.00. The van der Waals surface area contributed by atoms with Gasteiger partial charge in [0.2, 0.25) is 0 Å². The topological polar surface area (TPSA) is 0 Å². The summed E-state index contributed by atoms with van der Waals surface area (Å²) in [6.45, 7) is 0. The molecule has 0 aromatic rings. The third kappa shape index (κ3) is 189. The predicted molar refractivity (Wildman–Crippen MR) is 15.9 cm³/mol. The monoisotopic (exact) mass is 111 g/mol. The van der Waals surface area contributed by atoms with E-state index in [1.165, 1.54) is 0 Å². The average molecular weight is 111 g/mol. The fourth-order valence-electron chi connectivity index (χ4n) is 0. The van der Waals surface area contributed by atoms with Crippen molar-refractivity contribution in [3.63, 3.8) is 0 Å². The van der Waals surface area contributed by atoms with Gasteiger partial charge in [-0.05, 0) is 0 Å². The molecule has 0 atom stereocenters. The normalized spacial score (nSPS) is 10.0. The maximum atomic E-state index is 9.75. The molecule has 6 heavy (non-hydrogen) atoms. The van der Waals surface area contributed by atoms with E-state index >= 15 is 0 Å². The number of halogens is 4. The fraction of sp³-hybridized carbons (Fsp3) is 0. The molecule has 0 aliphatic rings. The molecule has 0 bridgehead atoms. The van der Waals surface area contributed by atoms with Crippen molar-refractivity contribution in [1.82, 2.24) is 0 Å². The van der Waals surface area contributed by atoms with Crippen LogP contribution in [-0.4, -0.2) is 30.3 Å². The van der Waals surface area contributed by atoms with Crippen molar-refractivity contribution in [1.29, 1.82) is 0 Å². The Labute approximate surface area is 48.2 Å². The first kappa shape index (κ1) is 9.75. The molecule has 0 aromatic carbocycles. The van der Waals surface area contributed by atoms with Crippen molar-refractivity contribution in [2.24, 2.45) is 0 Å². The van der Waals surface area contributed by atoms with E-state index in [2.05, 4.69) is 0 Å². The summed E-state index contributed by atoms with van der Waals surface area (Å²) in [6, 6.07) is 0. The summed E-state index contributed by atoms with van der Waals surface area (Å²) >= 11 is 0. The maximum absolute atomic E-state index is 9.75. The van der Waals surface area contributed by atoms with Gasteiger partial charge in [-0.25, -0.2) is 0 Å². The molecule has 0 aliphatic heterocycles. The predicted octanol–water partition coefficient (Wildman–Crippen LogP) is 0.919. The van der Waals surface area contributed by atoms with Crippen LogP contribution in [0, 0.1) is 0 Å². The molecule has 0 nitrogen and oxygen atoms in total. The molecule has 0 aliphatic carbocycles. The molecular weight excluding hydrogens is 111 g/mol. The standard InChI is InChI=1S/BF4.Mg/c2-1(3,4)5;/q-1;+2. The largest absolute Gasteiger partial charge is 2.00 e. The second-order valence-corrected chi connectivity index (χ2v) is 0.495. The molecule has 0 N–H and O–H groups in total. The van der Waals surface area contributed by atoms with Gasteiger partial charge in [0.25, 0.3) is 0 Å². The zero-order valence-corrected chi connectivity index (χ0v) is 4.21. The van der Waals surface area contributed by atoms with Crippen LogP contribution in [0.25, 0.3) is 0 Å². The van der Waals surface area contributed by atoms with Crippen LogP contribution in [0.15, 0.2) is 0 Å². The van der Waals surface area contributed by atoms with Gasteiger partial charge in [-0.2, -0.15) is 0 Å². The molecule has 0 amide bonds. The van der Waals surface area contributed by atoms with E-state index in [1.807, 2.05) is 0 Å². The summed E-state index contributed by atoms with van der Waals surface area (Å²) < 4.78 is 39.0. The third-order valence-corrected chi connectivity index (χ3v) is 0. The minimum Gasteiger partial charge on any atom is -0.418 e. The molecule has 32 valence electrons. The van der Waals surface area contributed by atoms with E-state index < -0.39 is 7.25 Å². The second kappa shape index (κ2) is 2.68. The quantitative estimate of drug-likeness (QED) is 0.322. The van der Waals surface area contributed by atoms with Gasteiger partial charge in [-0.15, -0.1) is 0 Å². The van der Waals surface area contributed by atoms with Crippen LogP contribution in [0.3, 0.4) is 0 Å². The van der Waals surface area contributed by atoms with Crippen LogP contribution in [0.5, 0.6) is 0 Å². The molecule has 0 saturated carbocycles. The van der Waals surface area contributed by atoms with Gasteiger partial charge in [-0.1, -0.05) is 0 Å². The molecule has 0 aromatic heterocycles. The maximum Gasteiger partial charge on any atom is 2.00 e. The fourth-order valence-corrected chi connectivity index (χ4v) is 0. The Hall–Kier alpha value is 0.551. The van der Waals surface area contributed by atoms with E-state index in [0.717, 1.165) is 0 Å². The molecule has 6 heteroatoms. The van der Waals surface area contributed by atoms with E-state index in [-0.39, 0.29) is 23.1 Å². The average Bonchev–Trinajstić information content (AvgIpc) is 0.722. The SMILES string of the molecule is F[B-](F)(F)F.[Mg+2]. The third-order valence-electron chi connectivity index (χ3n) is 0. The van der Waals surface area contributed by atoms with E-state index in [9.17, 15) is 17.3 Å². The Morgan fingerprint density at radius 1 is 0.833 bits per heavy atom. The number of hydrogen-bond acceptors (Lipinski definition) is 0. The minimum absolute atomic E-state index is 0. The first-order valence-corrected chi connectivity index (χ1v) is 0.873. The van der Waals surface area contributed by atoms with Crippen molar-refractivity contribution in [2.75, 3.05) is 0 Å². The van der Waals surface area contributed by atoms with Gasteiger partial charge in [0.15, 0.2) is 0 Å². The zero-order chi connectivity index (χ0) is 4.50. The molecule has 0 heterocycles. The molecule has 0 radical (unpaired) electrons. The number of hydrogen-bond donors (Lipinski definition) is 0. The van der Waals surface area contributed by atoms with Crippen LogP contribution in [-0.2, 0) is 0 Å². The Bertz CT molecular complexity index is 23.0. The summed E-state index contributed by atoms with van der Waals surface area (Å²) in [5.74, 6) is 0. The molecule has 0 fully saturated rings. The van der Waals surface area contributed by atoms with Crippen molar-refractivity contribution in [3.05, 3.63) is 0 Å². The Morgan fingerprint density at radius 2 is 0.833 bits per heavy atom. The molecule has 0 spiro atoms. The molecule has 0 saturated heterocycles. The van der Waals surface area contributed by atoms with E-state index in [1.54, 1.807) is 0 Å². The van der Waals surface area contributed by atoms with Gasteiger partial charge < -0.3 is 17.3 Å². The molecular formula is BF4Mg+. The Morgan fingerprint density at radius 3 is 0.833 bits per heavy atom. The Balaban J connectivity index is 0. The van der Waals surface area contributed by atoms with Gasteiger partial charge in [0.05, 0.1) is 0 Å². The van der Waals surface area contributed by atoms with Crippen LogP contribution in [0.4, 0.5) is 17.3 Å². The summed E-state index contributed by atoms with van der Waals surface area (Å²) in [5, 5.41) is 0. The second-order valence-electron chi connectivity index (χ2n) is 0.495. The molecule has 0 rings (SSSR count). The first-order valence-electron chi connectivity index (χ1n) is 0.873. The Kier molecular flexibility index (Phi) is 4.35. The summed E-state index contributed by atoms with van der Waals surface area (Å²) in [6.07, 6.45) is 0.